The number of halogens is 2. The van der Waals surface area contributed by atoms with Crippen LogP contribution in [0.15, 0.2) is 18.2 Å². The van der Waals surface area contributed by atoms with Gasteiger partial charge < -0.3 is 15.8 Å². The molecule has 1 aliphatic rings. The van der Waals surface area contributed by atoms with Gasteiger partial charge in [-0.1, -0.05) is 29.3 Å². The number of benzene rings is 1. The van der Waals surface area contributed by atoms with Crippen LogP contribution in [0.25, 0.3) is 0 Å². The monoisotopic (exact) mass is 316 g/mol. The summed E-state index contributed by atoms with van der Waals surface area (Å²) >= 11 is 11.9. The number of hydrogen-bond donors (Lipinski definition) is 2. The van der Waals surface area contributed by atoms with Gasteiger partial charge in [0.25, 0.3) is 0 Å². The van der Waals surface area contributed by atoms with Crippen molar-refractivity contribution in [2.24, 2.45) is 11.1 Å². The van der Waals surface area contributed by atoms with Crippen molar-refractivity contribution in [1.29, 1.82) is 0 Å². The molecule has 3 N–H and O–H groups in total. The number of hydrogen-bond acceptors (Lipinski definition) is 3. The minimum Gasteiger partial charge on any atom is -0.381 e. The minimum atomic E-state index is -0.517. The van der Waals surface area contributed by atoms with Crippen LogP contribution in [0.5, 0.6) is 0 Å². The lowest BCUT2D eigenvalue weighted by molar-refractivity contribution is -0.136. The first-order valence-electron chi connectivity index (χ1n) is 6.57. The van der Waals surface area contributed by atoms with E-state index in [0.29, 0.717) is 49.2 Å². The van der Waals surface area contributed by atoms with Crippen LogP contribution in [0, 0.1) is 5.41 Å². The van der Waals surface area contributed by atoms with Crippen molar-refractivity contribution in [1.82, 2.24) is 5.32 Å². The van der Waals surface area contributed by atoms with Crippen LogP contribution in [0.2, 0.25) is 10.0 Å². The van der Waals surface area contributed by atoms with Gasteiger partial charge in [0.15, 0.2) is 0 Å². The summed E-state index contributed by atoms with van der Waals surface area (Å²) in [6, 6.07) is 5.23. The van der Waals surface area contributed by atoms with Crippen LogP contribution in [-0.2, 0) is 16.1 Å². The Morgan fingerprint density at radius 2 is 2.05 bits per heavy atom. The average molecular weight is 317 g/mol. The summed E-state index contributed by atoms with van der Waals surface area (Å²) in [6.45, 7) is 1.85. The van der Waals surface area contributed by atoms with E-state index in [9.17, 15) is 4.79 Å². The lowest BCUT2D eigenvalue weighted by Gasteiger charge is -2.34. The Morgan fingerprint density at radius 1 is 1.35 bits per heavy atom. The molecule has 0 aromatic heterocycles. The van der Waals surface area contributed by atoms with E-state index in [1.807, 2.05) is 6.07 Å². The molecular weight excluding hydrogens is 299 g/mol. The maximum atomic E-state index is 12.4. The molecule has 0 radical (unpaired) electrons. The summed E-state index contributed by atoms with van der Waals surface area (Å²) in [6.07, 6.45) is 1.31. The Morgan fingerprint density at radius 3 is 2.65 bits per heavy atom. The zero-order chi connectivity index (χ0) is 14.6. The molecule has 0 saturated carbocycles. The van der Waals surface area contributed by atoms with E-state index < -0.39 is 5.41 Å². The van der Waals surface area contributed by atoms with Crippen molar-refractivity contribution in [3.8, 4) is 0 Å². The fraction of sp³-hybridized carbons (Fsp3) is 0.500. The number of amides is 1. The van der Waals surface area contributed by atoms with E-state index in [0.717, 1.165) is 5.56 Å². The second-order valence-corrected chi connectivity index (χ2v) is 5.86. The van der Waals surface area contributed by atoms with E-state index in [-0.39, 0.29) is 5.91 Å². The molecule has 1 amide bonds. The first kappa shape index (κ1) is 15.6. The Hall–Kier alpha value is -0.810. The average Bonchev–Trinajstić information content (AvgIpc) is 2.46. The predicted octanol–water partition coefficient (Wildman–Crippen LogP) is 2.37. The van der Waals surface area contributed by atoms with E-state index in [1.54, 1.807) is 12.1 Å². The topological polar surface area (TPSA) is 64.4 Å². The standard InChI is InChI=1S/C14H18Cl2N2O2/c15-11-2-1-10(12(16)7-11)8-18-13(19)14(9-17)3-5-20-6-4-14/h1-2,7H,3-6,8-9,17H2,(H,18,19). The molecule has 0 aliphatic carbocycles. The fourth-order valence-corrected chi connectivity index (χ4v) is 2.79. The lowest BCUT2D eigenvalue weighted by Crippen LogP contribution is -2.49. The maximum Gasteiger partial charge on any atom is 0.227 e. The van der Waals surface area contributed by atoms with E-state index in [1.165, 1.54) is 0 Å². The second kappa shape index (κ2) is 6.76. The molecule has 6 heteroatoms. The Kier molecular flexibility index (Phi) is 5.27. The van der Waals surface area contributed by atoms with Gasteiger partial charge >= 0.3 is 0 Å². The SMILES string of the molecule is NCC1(C(=O)NCc2ccc(Cl)cc2Cl)CCOCC1. The largest absolute Gasteiger partial charge is 0.381 e. The van der Waals surface area contributed by atoms with Crippen molar-refractivity contribution in [2.75, 3.05) is 19.8 Å². The van der Waals surface area contributed by atoms with E-state index in [2.05, 4.69) is 5.32 Å². The molecule has 0 atom stereocenters. The molecule has 0 unspecified atom stereocenters. The zero-order valence-corrected chi connectivity index (χ0v) is 12.6. The quantitative estimate of drug-likeness (QED) is 0.896. The summed E-state index contributed by atoms with van der Waals surface area (Å²) in [7, 11) is 0. The number of nitrogens with two attached hydrogens (primary N) is 1. The van der Waals surface area contributed by atoms with Crippen molar-refractivity contribution in [3.63, 3.8) is 0 Å². The highest BCUT2D eigenvalue weighted by Crippen LogP contribution is 2.30. The van der Waals surface area contributed by atoms with Gasteiger partial charge in [-0.3, -0.25) is 4.79 Å². The molecule has 1 saturated heterocycles. The molecule has 2 rings (SSSR count). The van der Waals surface area contributed by atoms with Crippen LogP contribution in [0.1, 0.15) is 18.4 Å². The number of nitrogens with one attached hydrogen (secondary N) is 1. The normalized spacial score (nSPS) is 17.8. The van der Waals surface area contributed by atoms with E-state index in [4.69, 9.17) is 33.7 Å². The number of rotatable bonds is 4. The molecule has 1 heterocycles. The number of carbonyl (C=O) groups excluding carboxylic acids is 1. The van der Waals surface area contributed by atoms with Crippen LogP contribution in [0.3, 0.4) is 0 Å². The molecular formula is C14H18Cl2N2O2. The third-order valence-electron chi connectivity index (χ3n) is 3.78. The third kappa shape index (κ3) is 3.44. The Balaban J connectivity index is 2.00. The van der Waals surface area contributed by atoms with Crippen LogP contribution < -0.4 is 11.1 Å². The maximum absolute atomic E-state index is 12.4. The predicted molar refractivity (Wildman–Crippen MR) is 79.8 cm³/mol. The van der Waals surface area contributed by atoms with Crippen LogP contribution in [0.4, 0.5) is 0 Å². The molecule has 20 heavy (non-hydrogen) atoms. The van der Waals surface area contributed by atoms with Gasteiger partial charge in [0.2, 0.25) is 5.91 Å². The lowest BCUT2D eigenvalue weighted by atomic mass is 9.79. The van der Waals surface area contributed by atoms with Crippen molar-refractivity contribution in [2.45, 2.75) is 19.4 Å². The van der Waals surface area contributed by atoms with Gasteiger partial charge in [-0.15, -0.1) is 0 Å². The highest BCUT2D eigenvalue weighted by atomic mass is 35.5. The first-order chi connectivity index (χ1) is 9.57. The van der Waals surface area contributed by atoms with Crippen LogP contribution >= 0.6 is 23.2 Å². The van der Waals surface area contributed by atoms with Crippen molar-refractivity contribution >= 4 is 29.1 Å². The highest BCUT2D eigenvalue weighted by Gasteiger charge is 2.38. The molecule has 0 bridgehead atoms. The van der Waals surface area contributed by atoms with Gasteiger partial charge in [-0.2, -0.15) is 0 Å². The third-order valence-corrected chi connectivity index (χ3v) is 4.36. The van der Waals surface area contributed by atoms with Gasteiger partial charge in [0, 0.05) is 36.3 Å². The Bertz CT molecular complexity index is 488. The second-order valence-electron chi connectivity index (χ2n) is 5.02. The van der Waals surface area contributed by atoms with Gasteiger partial charge in [-0.05, 0) is 30.5 Å². The molecule has 1 aromatic carbocycles. The Labute approximate surface area is 128 Å². The smallest absolute Gasteiger partial charge is 0.227 e. The highest BCUT2D eigenvalue weighted by molar-refractivity contribution is 6.35. The molecule has 1 aromatic rings. The summed E-state index contributed by atoms with van der Waals surface area (Å²) in [5, 5.41) is 4.04. The zero-order valence-electron chi connectivity index (χ0n) is 11.1. The fourth-order valence-electron chi connectivity index (χ4n) is 2.31. The number of carbonyl (C=O) groups is 1. The minimum absolute atomic E-state index is 0.0330. The molecule has 0 spiro atoms. The van der Waals surface area contributed by atoms with Gasteiger partial charge in [-0.25, -0.2) is 0 Å². The van der Waals surface area contributed by atoms with Crippen molar-refractivity contribution < 1.29 is 9.53 Å². The summed E-state index contributed by atoms with van der Waals surface area (Å²) in [5.41, 5.74) is 6.12. The number of ether oxygens (including phenoxy) is 1. The molecule has 110 valence electrons. The van der Waals surface area contributed by atoms with Gasteiger partial charge in [0.05, 0.1) is 5.41 Å². The summed E-state index contributed by atoms with van der Waals surface area (Å²) in [4.78, 5) is 12.4. The molecule has 1 aliphatic heterocycles. The van der Waals surface area contributed by atoms with Crippen LogP contribution in [-0.4, -0.2) is 25.7 Å². The van der Waals surface area contributed by atoms with Crippen molar-refractivity contribution in [3.05, 3.63) is 33.8 Å². The van der Waals surface area contributed by atoms with Gasteiger partial charge in [0.1, 0.15) is 0 Å². The first-order valence-corrected chi connectivity index (χ1v) is 7.33. The molecule has 1 fully saturated rings. The summed E-state index contributed by atoms with van der Waals surface area (Å²) < 4.78 is 5.30. The molecule has 4 nitrogen and oxygen atoms in total. The summed E-state index contributed by atoms with van der Waals surface area (Å²) in [5.74, 6) is -0.0330. The van der Waals surface area contributed by atoms with E-state index >= 15 is 0 Å².